The summed E-state index contributed by atoms with van der Waals surface area (Å²) in [5.74, 6) is 0.979. The number of amides is 2. The maximum absolute atomic E-state index is 12.4. The lowest BCUT2D eigenvalue weighted by Gasteiger charge is -2.36. The number of hydrogen-bond donors (Lipinski definition) is 2. The third-order valence-electron chi connectivity index (χ3n) is 5.18. The summed E-state index contributed by atoms with van der Waals surface area (Å²) in [5, 5.41) is 9.99. The second-order valence-corrected chi connectivity index (χ2v) is 8.82. The summed E-state index contributed by atoms with van der Waals surface area (Å²) in [6.45, 7) is 5.62. The highest BCUT2D eigenvalue weighted by atomic mass is 16.6. The van der Waals surface area contributed by atoms with E-state index in [-0.39, 0.29) is 24.6 Å². The van der Waals surface area contributed by atoms with Crippen LogP contribution in [0.5, 0.6) is 0 Å². The van der Waals surface area contributed by atoms with Gasteiger partial charge in [-0.05, 0) is 45.6 Å². The van der Waals surface area contributed by atoms with Crippen LogP contribution in [-0.2, 0) is 23.1 Å². The number of alkyl carbamates (subject to hydrolysis) is 2. The number of nitrogens with one attached hydrogen (secondary N) is 2. The Bertz CT molecular complexity index is 878. The van der Waals surface area contributed by atoms with Gasteiger partial charge in [0.15, 0.2) is 0 Å². The quantitative estimate of drug-likeness (QED) is 0.755. The zero-order valence-electron chi connectivity index (χ0n) is 18.5. The standard InChI is InChI=1S/C22H31N5O4/c1-22(2,3)31-21(29)26-18-12-16(19-23-14-24-27(19)4)10-11-17(18)25-20(28)30-13-15-8-6-5-7-9-15/h5-9,14,16-18H,10-13H2,1-4H3,(H,25,28)(H,26,29)/t16?,17-,18+/m0/s1. The number of carbonyl (C=O) groups excluding carboxylic acids is 2. The zero-order valence-corrected chi connectivity index (χ0v) is 18.5. The summed E-state index contributed by atoms with van der Waals surface area (Å²) in [4.78, 5) is 29.2. The van der Waals surface area contributed by atoms with Crippen molar-refractivity contribution >= 4 is 12.2 Å². The predicted molar refractivity (Wildman–Crippen MR) is 114 cm³/mol. The molecule has 0 aliphatic heterocycles. The molecule has 1 aromatic carbocycles. The van der Waals surface area contributed by atoms with E-state index in [1.54, 1.807) is 4.68 Å². The molecule has 168 valence electrons. The van der Waals surface area contributed by atoms with E-state index in [1.807, 2.05) is 58.2 Å². The summed E-state index contributed by atoms with van der Waals surface area (Å²) >= 11 is 0. The van der Waals surface area contributed by atoms with E-state index in [0.29, 0.717) is 12.8 Å². The van der Waals surface area contributed by atoms with Gasteiger partial charge in [-0.1, -0.05) is 30.3 Å². The number of hydrogen-bond acceptors (Lipinski definition) is 6. The molecule has 0 saturated heterocycles. The average Bonchev–Trinajstić information content (AvgIpc) is 3.13. The van der Waals surface area contributed by atoms with Gasteiger partial charge < -0.3 is 20.1 Å². The fourth-order valence-corrected chi connectivity index (χ4v) is 3.79. The third kappa shape index (κ3) is 6.70. The fourth-order valence-electron chi connectivity index (χ4n) is 3.79. The molecule has 9 nitrogen and oxygen atoms in total. The number of rotatable bonds is 5. The topological polar surface area (TPSA) is 107 Å². The molecule has 2 amide bonds. The molecular weight excluding hydrogens is 398 g/mol. The lowest BCUT2D eigenvalue weighted by atomic mass is 9.81. The van der Waals surface area contributed by atoms with Gasteiger partial charge in [0, 0.05) is 13.0 Å². The highest BCUT2D eigenvalue weighted by Gasteiger charge is 2.36. The van der Waals surface area contributed by atoms with E-state index in [4.69, 9.17) is 9.47 Å². The van der Waals surface area contributed by atoms with Crippen LogP contribution in [-0.4, -0.2) is 44.6 Å². The monoisotopic (exact) mass is 429 g/mol. The van der Waals surface area contributed by atoms with E-state index in [0.717, 1.165) is 17.8 Å². The van der Waals surface area contributed by atoms with Crippen LogP contribution in [0.3, 0.4) is 0 Å². The van der Waals surface area contributed by atoms with Crippen molar-refractivity contribution in [3.63, 3.8) is 0 Å². The molecule has 1 aliphatic rings. The first-order chi connectivity index (χ1) is 14.7. The second kappa shape index (κ2) is 9.80. The smallest absolute Gasteiger partial charge is 0.407 e. The lowest BCUT2D eigenvalue weighted by molar-refractivity contribution is 0.0470. The third-order valence-corrected chi connectivity index (χ3v) is 5.18. The Kier molecular flexibility index (Phi) is 7.14. The Morgan fingerprint density at radius 1 is 1.10 bits per heavy atom. The number of benzene rings is 1. The van der Waals surface area contributed by atoms with Crippen molar-refractivity contribution < 1.29 is 19.1 Å². The maximum Gasteiger partial charge on any atom is 0.407 e. The van der Waals surface area contributed by atoms with Crippen molar-refractivity contribution in [3.8, 4) is 0 Å². The van der Waals surface area contributed by atoms with E-state index < -0.39 is 17.8 Å². The Labute approximate surface area is 182 Å². The molecule has 3 atom stereocenters. The van der Waals surface area contributed by atoms with E-state index in [9.17, 15) is 9.59 Å². The molecule has 0 spiro atoms. The molecule has 9 heteroatoms. The Hall–Kier alpha value is -3.10. The van der Waals surface area contributed by atoms with Crippen molar-refractivity contribution in [2.75, 3.05) is 0 Å². The van der Waals surface area contributed by atoms with Gasteiger partial charge in [0.1, 0.15) is 24.4 Å². The van der Waals surface area contributed by atoms with Gasteiger partial charge in [-0.15, -0.1) is 0 Å². The highest BCUT2D eigenvalue weighted by molar-refractivity contribution is 5.70. The first kappa shape index (κ1) is 22.6. The minimum atomic E-state index is -0.612. The van der Waals surface area contributed by atoms with Crippen LogP contribution >= 0.6 is 0 Å². The van der Waals surface area contributed by atoms with Crippen LogP contribution in [0.2, 0.25) is 0 Å². The summed E-state index contributed by atoms with van der Waals surface area (Å²) < 4.78 is 12.5. The first-order valence-corrected chi connectivity index (χ1v) is 10.5. The van der Waals surface area contributed by atoms with Gasteiger partial charge in [0.25, 0.3) is 0 Å². The molecule has 31 heavy (non-hydrogen) atoms. The van der Waals surface area contributed by atoms with Crippen molar-refractivity contribution in [2.24, 2.45) is 7.05 Å². The summed E-state index contributed by atoms with van der Waals surface area (Å²) in [6.07, 6.45) is 2.58. The normalized spacial score (nSPS) is 21.2. The molecule has 3 rings (SSSR count). The van der Waals surface area contributed by atoms with Gasteiger partial charge in [-0.25, -0.2) is 14.6 Å². The molecule has 0 radical (unpaired) electrons. The molecule has 1 unspecified atom stereocenters. The molecule has 2 N–H and O–H groups in total. The Balaban J connectivity index is 1.64. The molecule has 1 saturated carbocycles. The molecular formula is C22H31N5O4. The van der Waals surface area contributed by atoms with Crippen molar-refractivity contribution in [3.05, 3.63) is 48.0 Å². The lowest BCUT2D eigenvalue weighted by Crippen LogP contribution is -2.55. The number of aromatic nitrogens is 3. The second-order valence-electron chi connectivity index (χ2n) is 8.82. The molecule has 1 aliphatic carbocycles. The molecule has 1 heterocycles. The van der Waals surface area contributed by atoms with Gasteiger partial charge in [0.05, 0.1) is 12.1 Å². The molecule has 0 bridgehead atoms. The highest BCUT2D eigenvalue weighted by Crippen LogP contribution is 2.32. The predicted octanol–water partition coefficient (Wildman–Crippen LogP) is 3.27. The number of ether oxygens (including phenoxy) is 2. The van der Waals surface area contributed by atoms with Crippen LogP contribution in [0, 0.1) is 0 Å². The number of carbonyl (C=O) groups is 2. The van der Waals surface area contributed by atoms with Gasteiger partial charge in [-0.2, -0.15) is 5.10 Å². The first-order valence-electron chi connectivity index (χ1n) is 10.5. The number of nitrogens with zero attached hydrogens (tertiary/aromatic N) is 3. The minimum Gasteiger partial charge on any atom is -0.445 e. The maximum atomic E-state index is 12.4. The summed E-state index contributed by atoms with van der Waals surface area (Å²) in [6, 6.07) is 8.88. The molecule has 2 aromatic rings. The number of aryl methyl sites for hydroxylation is 1. The Morgan fingerprint density at radius 2 is 1.81 bits per heavy atom. The van der Waals surface area contributed by atoms with Crippen LogP contribution in [0.15, 0.2) is 36.7 Å². The SMILES string of the molecule is Cn1ncnc1C1CC[C@H](NC(=O)OCc2ccccc2)[C@H](NC(=O)OC(C)(C)C)C1. The molecule has 1 fully saturated rings. The van der Waals surface area contributed by atoms with Crippen molar-refractivity contribution in [1.82, 2.24) is 25.4 Å². The van der Waals surface area contributed by atoms with E-state index in [2.05, 4.69) is 20.7 Å². The van der Waals surface area contributed by atoms with Gasteiger partial charge >= 0.3 is 12.2 Å². The zero-order chi connectivity index (χ0) is 22.4. The molecule has 1 aromatic heterocycles. The van der Waals surface area contributed by atoms with Crippen LogP contribution in [0.25, 0.3) is 0 Å². The Morgan fingerprint density at radius 3 is 2.45 bits per heavy atom. The van der Waals surface area contributed by atoms with E-state index in [1.165, 1.54) is 6.33 Å². The van der Waals surface area contributed by atoms with Crippen LogP contribution < -0.4 is 10.6 Å². The van der Waals surface area contributed by atoms with Crippen molar-refractivity contribution in [1.29, 1.82) is 0 Å². The van der Waals surface area contributed by atoms with Gasteiger partial charge in [-0.3, -0.25) is 4.68 Å². The largest absolute Gasteiger partial charge is 0.445 e. The summed E-state index contributed by atoms with van der Waals surface area (Å²) in [5.41, 5.74) is 0.298. The average molecular weight is 430 g/mol. The van der Waals surface area contributed by atoms with Gasteiger partial charge in [0.2, 0.25) is 0 Å². The summed E-state index contributed by atoms with van der Waals surface area (Å²) in [7, 11) is 1.85. The van der Waals surface area contributed by atoms with E-state index >= 15 is 0 Å². The van der Waals surface area contributed by atoms with Crippen LogP contribution in [0.4, 0.5) is 9.59 Å². The van der Waals surface area contributed by atoms with Crippen LogP contribution in [0.1, 0.15) is 57.3 Å². The van der Waals surface area contributed by atoms with Crippen molar-refractivity contribution in [2.45, 2.75) is 70.2 Å². The minimum absolute atomic E-state index is 0.117. The fraction of sp³-hybridized carbons (Fsp3) is 0.545.